The van der Waals surface area contributed by atoms with E-state index in [1.165, 1.54) is 4.90 Å². The summed E-state index contributed by atoms with van der Waals surface area (Å²) < 4.78 is 10.9. The average molecular weight is 397 g/mol. The van der Waals surface area contributed by atoms with Gasteiger partial charge in [-0.15, -0.1) is 0 Å². The topological polar surface area (TPSA) is 97.0 Å². The number of para-hydroxylation sites is 3. The lowest BCUT2D eigenvalue weighted by Gasteiger charge is -2.29. The summed E-state index contributed by atoms with van der Waals surface area (Å²) in [4.78, 5) is 37.6. The van der Waals surface area contributed by atoms with Crippen molar-refractivity contribution in [2.75, 3.05) is 24.7 Å². The molecule has 8 heteroatoms. The zero-order chi connectivity index (χ0) is 20.8. The average Bonchev–Trinajstić information content (AvgIpc) is 2.71. The van der Waals surface area contributed by atoms with Gasteiger partial charge in [-0.1, -0.05) is 30.3 Å². The number of anilines is 1. The zero-order valence-corrected chi connectivity index (χ0v) is 16.4. The summed E-state index contributed by atoms with van der Waals surface area (Å²) in [6, 6.07) is 12.8. The van der Waals surface area contributed by atoms with Gasteiger partial charge in [-0.2, -0.15) is 0 Å². The van der Waals surface area contributed by atoms with Crippen LogP contribution < -0.4 is 25.2 Å². The lowest BCUT2D eigenvalue weighted by Crippen LogP contribution is -2.46. The van der Waals surface area contributed by atoms with E-state index in [4.69, 9.17) is 9.47 Å². The van der Waals surface area contributed by atoms with Crippen molar-refractivity contribution in [3.63, 3.8) is 0 Å². The molecule has 2 aromatic rings. The number of nitrogens with one attached hydrogen (secondary N) is 2. The molecule has 0 saturated heterocycles. The number of carbonyl (C=O) groups is 3. The van der Waals surface area contributed by atoms with Crippen molar-refractivity contribution in [1.29, 1.82) is 0 Å². The van der Waals surface area contributed by atoms with Gasteiger partial charge in [0.25, 0.3) is 11.8 Å². The number of aryl methyl sites for hydroxylation is 2. The highest BCUT2D eigenvalue weighted by molar-refractivity contribution is 5.98. The minimum atomic E-state index is -0.478. The Labute approximate surface area is 168 Å². The van der Waals surface area contributed by atoms with E-state index in [1.807, 2.05) is 38.1 Å². The molecule has 0 fully saturated rings. The van der Waals surface area contributed by atoms with Crippen LogP contribution in [0.15, 0.2) is 42.5 Å². The van der Waals surface area contributed by atoms with Crippen LogP contribution in [0.2, 0.25) is 0 Å². The highest BCUT2D eigenvalue weighted by Crippen LogP contribution is 2.31. The molecule has 0 atom stereocenters. The molecule has 1 aliphatic heterocycles. The van der Waals surface area contributed by atoms with E-state index >= 15 is 0 Å². The van der Waals surface area contributed by atoms with Crippen LogP contribution in [-0.4, -0.2) is 37.5 Å². The quantitative estimate of drug-likeness (QED) is 0.723. The van der Waals surface area contributed by atoms with Crippen molar-refractivity contribution in [3.8, 4) is 11.5 Å². The molecule has 0 spiro atoms. The maximum atomic E-state index is 12.1. The second kappa shape index (κ2) is 9.09. The molecule has 0 radical (unpaired) electrons. The predicted molar refractivity (Wildman–Crippen MR) is 107 cm³/mol. The maximum absolute atomic E-state index is 12.1. The Morgan fingerprint density at radius 1 is 1.03 bits per heavy atom. The van der Waals surface area contributed by atoms with Crippen LogP contribution >= 0.6 is 0 Å². The van der Waals surface area contributed by atoms with Crippen LogP contribution in [0.4, 0.5) is 5.69 Å². The molecule has 0 saturated carbocycles. The molecule has 1 heterocycles. The van der Waals surface area contributed by atoms with Gasteiger partial charge >= 0.3 is 0 Å². The molecule has 29 heavy (non-hydrogen) atoms. The maximum Gasteiger partial charge on any atom is 0.276 e. The lowest BCUT2D eigenvalue weighted by molar-refractivity contribution is -0.130. The molecule has 1 aliphatic rings. The second-order valence-corrected chi connectivity index (χ2v) is 6.66. The van der Waals surface area contributed by atoms with E-state index in [-0.39, 0.29) is 32.1 Å². The monoisotopic (exact) mass is 397 g/mol. The molecule has 8 nitrogen and oxygen atoms in total. The van der Waals surface area contributed by atoms with Gasteiger partial charge in [0, 0.05) is 13.0 Å². The molecule has 2 aromatic carbocycles. The van der Waals surface area contributed by atoms with Crippen LogP contribution in [0.3, 0.4) is 0 Å². The first-order chi connectivity index (χ1) is 14.0. The predicted octanol–water partition coefficient (Wildman–Crippen LogP) is 1.65. The fourth-order valence-corrected chi connectivity index (χ4v) is 3.02. The van der Waals surface area contributed by atoms with Crippen LogP contribution in [-0.2, 0) is 14.4 Å². The first-order valence-electron chi connectivity index (χ1n) is 9.24. The Morgan fingerprint density at radius 2 is 1.72 bits per heavy atom. The van der Waals surface area contributed by atoms with E-state index in [1.54, 1.807) is 18.2 Å². The number of hydrogen-bond donors (Lipinski definition) is 2. The van der Waals surface area contributed by atoms with Crippen molar-refractivity contribution in [2.45, 2.75) is 20.3 Å². The van der Waals surface area contributed by atoms with Crippen molar-refractivity contribution in [2.24, 2.45) is 0 Å². The number of ether oxygens (including phenoxy) is 2. The number of hydrogen-bond acceptors (Lipinski definition) is 5. The van der Waals surface area contributed by atoms with E-state index in [2.05, 4.69) is 10.9 Å². The Kier molecular flexibility index (Phi) is 6.33. The van der Waals surface area contributed by atoms with Gasteiger partial charge in [0.05, 0.1) is 5.69 Å². The summed E-state index contributed by atoms with van der Waals surface area (Å²) in [6.45, 7) is 3.69. The Balaban J connectivity index is 1.44. The standard InChI is InChI=1S/C21H23N3O5/c1-14-6-5-7-15(2)21(14)29-12-19(26)23-22-18(25)10-11-24-16-8-3-4-9-17(16)28-13-20(24)27/h3-9H,10-13H2,1-2H3,(H,22,25)(H,23,26). The highest BCUT2D eigenvalue weighted by Gasteiger charge is 2.25. The first kappa shape index (κ1) is 20.2. The summed E-state index contributed by atoms with van der Waals surface area (Å²) in [5.74, 6) is 0.140. The Morgan fingerprint density at radius 3 is 2.48 bits per heavy atom. The third-order valence-corrected chi connectivity index (χ3v) is 4.47. The van der Waals surface area contributed by atoms with Gasteiger partial charge < -0.3 is 14.4 Å². The third-order valence-electron chi connectivity index (χ3n) is 4.47. The molecular formula is C21H23N3O5. The number of amides is 3. The first-order valence-corrected chi connectivity index (χ1v) is 9.24. The molecule has 2 N–H and O–H groups in total. The minimum absolute atomic E-state index is 0.0259. The summed E-state index contributed by atoms with van der Waals surface area (Å²) in [7, 11) is 0. The molecule has 0 bridgehead atoms. The van der Waals surface area contributed by atoms with Crippen LogP contribution in [0.5, 0.6) is 11.5 Å². The number of nitrogens with zero attached hydrogens (tertiary/aromatic N) is 1. The van der Waals surface area contributed by atoms with Crippen LogP contribution in [0.1, 0.15) is 17.5 Å². The molecule has 0 unspecified atom stereocenters. The smallest absolute Gasteiger partial charge is 0.276 e. The van der Waals surface area contributed by atoms with Gasteiger partial charge in [-0.25, -0.2) is 0 Å². The summed E-state index contributed by atoms with van der Waals surface area (Å²) in [5.41, 5.74) is 7.14. The summed E-state index contributed by atoms with van der Waals surface area (Å²) in [5, 5.41) is 0. The van der Waals surface area contributed by atoms with E-state index in [9.17, 15) is 14.4 Å². The summed E-state index contributed by atoms with van der Waals surface area (Å²) >= 11 is 0. The number of hydrazine groups is 1. The molecule has 152 valence electrons. The van der Waals surface area contributed by atoms with Gasteiger partial charge in [-0.3, -0.25) is 25.2 Å². The van der Waals surface area contributed by atoms with Gasteiger partial charge in [0.2, 0.25) is 5.91 Å². The Hall–Kier alpha value is -3.55. The van der Waals surface area contributed by atoms with Crippen LogP contribution in [0, 0.1) is 13.8 Å². The third kappa shape index (κ3) is 5.04. The Bertz CT molecular complexity index is 908. The van der Waals surface area contributed by atoms with Crippen molar-refractivity contribution in [3.05, 3.63) is 53.6 Å². The molecule has 3 rings (SSSR count). The SMILES string of the molecule is Cc1cccc(C)c1OCC(=O)NNC(=O)CCN1C(=O)COc2ccccc21. The largest absolute Gasteiger partial charge is 0.483 e. The molecule has 0 aliphatic carbocycles. The lowest BCUT2D eigenvalue weighted by atomic mass is 10.1. The summed E-state index contributed by atoms with van der Waals surface area (Å²) in [6.07, 6.45) is 0.0259. The number of fused-ring (bicyclic) bond motifs is 1. The number of carbonyl (C=O) groups excluding carboxylic acids is 3. The molecule has 3 amide bonds. The van der Waals surface area contributed by atoms with E-state index in [0.717, 1.165) is 11.1 Å². The van der Waals surface area contributed by atoms with Gasteiger partial charge in [0.15, 0.2) is 13.2 Å². The number of rotatable bonds is 6. The van der Waals surface area contributed by atoms with Gasteiger partial charge in [-0.05, 0) is 37.1 Å². The van der Waals surface area contributed by atoms with E-state index < -0.39 is 11.8 Å². The normalized spacial score (nSPS) is 12.6. The van der Waals surface area contributed by atoms with Crippen molar-refractivity contribution < 1.29 is 23.9 Å². The van der Waals surface area contributed by atoms with Crippen molar-refractivity contribution in [1.82, 2.24) is 10.9 Å². The van der Waals surface area contributed by atoms with Crippen LogP contribution in [0.25, 0.3) is 0 Å². The molecule has 0 aromatic heterocycles. The second-order valence-electron chi connectivity index (χ2n) is 6.66. The minimum Gasteiger partial charge on any atom is -0.483 e. The van der Waals surface area contributed by atoms with Gasteiger partial charge in [0.1, 0.15) is 11.5 Å². The van der Waals surface area contributed by atoms with Crippen molar-refractivity contribution >= 4 is 23.4 Å². The van der Waals surface area contributed by atoms with E-state index in [0.29, 0.717) is 17.2 Å². The number of benzene rings is 2. The fraction of sp³-hybridized carbons (Fsp3) is 0.286. The molecular weight excluding hydrogens is 374 g/mol. The zero-order valence-electron chi connectivity index (χ0n) is 16.4. The highest BCUT2D eigenvalue weighted by atomic mass is 16.5. The fourth-order valence-electron chi connectivity index (χ4n) is 3.02.